The first-order chi connectivity index (χ1) is 7.26. The molecule has 2 aliphatic rings. The van der Waals surface area contributed by atoms with E-state index in [4.69, 9.17) is 0 Å². The van der Waals surface area contributed by atoms with Gasteiger partial charge in [0.05, 0.1) is 5.41 Å². The van der Waals surface area contributed by atoms with Gasteiger partial charge < -0.3 is 10.2 Å². The highest BCUT2D eigenvalue weighted by Crippen LogP contribution is 2.44. The number of amides is 1. The molecule has 1 aromatic rings. The van der Waals surface area contributed by atoms with Crippen LogP contribution in [0.3, 0.4) is 0 Å². The quantitative estimate of drug-likeness (QED) is 0.677. The van der Waals surface area contributed by atoms with Crippen molar-refractivity contribution in [3.05, 3.63) is 29.8 Å². The molecule has 2 aliphatic heterocycles. The summed E-state index contributed by atoms with van der Waals surface area (Å²) in [6.07, 6.45) is 0.924. The molecule has 78 valence electrons. The second-order valence-corrected chi connectivity index (χ2v) is 4.39. The largest absolute Gasteiger partial charge is 0.315 e. The van der Waals surface area contributed by atoms with Crippen LogP contribution in [-0.2, 0) is 10.2 Å². The Hall–Kier alpha value is -1.35. The molecule has 15 heavy (non-hydrogen) atoms. The van der Waals surface area contributed by atoms with Crippen LogP contribution in [0.1, 0.15) is 12.0 Å². The second kappa shape index (κ2) is 2.83. The fourth-order valence-corrected chi connectivity index (χ4v) is 2.82. The number of benzene rings is 1. The highest BCUT2D eigenvalue weighted by atomic mass is 16.2. The Morgan fingerprint density at radius 2 is 2.20 bits per heavy atom. The number of nitrogens with one attached hydrogen (secondary N) is 1. The second-order valence-electron chi connectivity index (χ2n) is 4.39. The zero-order valence-electron chi connectivity index (χ0n) is 8.79. The third-order valence-corrected chi connectivity index (χ3v) is 3.65. The van der Waals surface area contributed by atoms with Crippen LogP contribution in [0.2, 0.25) is 0 Å². The number of carbonyl (C=O) groups excluding carboxylic acids is 1. The van der Waals surface area contributed by atoms with Crippen molar-refractivity contribution >= 4 is 11.6 Å². The van der Waals surface area contributed by atoms with E-state index in [1.54, 1.807) is 4.90 Å². The van der Waals surface area contributed by atoms with Crippen molar-refractivity contribution < 1.29 is 4.79 Å². The third kappa shape index (κ3) is 0.960. The highest BCUT2D eigenvalue weighted by molar-refractivity contribution is 6.08. The van der Waals surface area contributed by atoms with Crippen molar-refractivity contribution in [2.75, 3.05) is 25.0 Å². The Labute approximate surface area is 89.1 Å². The van der Waals surface area contributed by atoms with Gasteiger partial charge in [0.15, 0.2) is 0 Å². The normalized spacial score (nSPS) is 28.9. The number of hydrogen-bond donors (Lipinski definition) is 1. The molecule has 2 heterocycles. The Morgan fingerprint density at radius 1 is 1.40 bits per heavy atom. The van der Waals surface area contributed by atoms with Crippen LogP contribution < -0.4 is 10.2 Å². The molecule has 1 amide bonds. The molecule has 1 spiro atoms. The lowest BCUT2D eigenvalue weighted by atomic mass is 9.81. The van der Waals surface area contributed by atoms with E-state index >= 15 is 0 Å². The molecular formula is C12H14N2O. The van der Waals surface area contributed by atoms with Crippen molar-refractivity contribution in [2.24, 2.45) is 0 Å². The number of fused-ring (bicyclic) bond motifs is 2. The first kappa shape index (κ1) is 8.92. The van der Waals surface area contributed by atoms with E-state index in [1.165, 1.54) is 5.56 Å². The van der Waals surface area contributed by atoms with Crippen LogP contribution in [0.15, 0.2) is 24.3 Å². The van der Waals surface area contributed by atoms with E-state index in [9.17, 15) is 4.79 Å². The Morgan fingerprint density at radius 3 is 2.93 bits per heavy atom. The Balaban J connectivity index is 2.22. The van der Waals surface area contributed by atoms with Crippen molar-refractivity contribution in [2.45, 2.75) is 11.8 Å². The van der Waals surface area contributed by atoms with Crippen LogP contribution in [0.5, 0.6) is 0 Å². The van der Waals surface area contributed by atoms with Gasteiger partial charge in [-0.25, -0.2) is 0 Å². The zero-order valence-corrected chi connectivity index (χ0v) is 8.79. The fourth-order valence-electron chi connectivity index (χ4n) is 2.82. The number of likely N-dealkylation sites (N-methyl/N-ethyl adjacent to an activating group) is 1. The molecule has 0 aliphatic carbocycles. The van der Waals surface area contributed by atoms with Crippen molar-refractivity contribution in [3.63, 3.8) is 0 Å². The van der Waals surface area contributed by atoms with Gasteiger partial charge in [-0.3, -0.25) is 4.79 Å². The molecule has 1 N–H and O–H groups in total. The molecule has 0 bridgehead atoms. The van der Waals surface area contributed by atoms with Crippen LogP contribution in [0, 0.1) is 0 Å². The lowest BCUT2D eigenvalue weighted by molar-refractivity contribution is -0.122. The standard InChI is InChI=1S/C12H14N2O/c1-14-10-5-3-2-4-9(10)12(11(14)15)6-7-13-8-12/h2-5,13H,6-8H2,1H3/t12-/m0/s1. The zero-order chi connectivity index (χ0) is 10.5. The number of carbonyl (C=O) groups is 1. The summed E-state index contributed by atoms with van der Waals surface area (Å²) >= 11 is 0. The summed E-state index contributed by atoms with van der Waals surface area (Å²) in [5.74, 6) is 0.244. The minimum Gasteiger partial charge on any atom is -0.315 e. The summed E-state index contributed by atoms with van der Waals surface area (Å²) < 4.78 is 0. The van der Waals surface area contributed by atoms with E-state index in [0.717, 1.165) is 25.2 Å². The fraction of sp³-hybridized carbons (Fsp3) is 0.417. The Bertz CT molecular complexity index is 421. The third-order valence-electron chi connectivity index (χ3n) is 3.65. The molecule has 1 aromatic carbocycles. The van der Waals surface area contributed by atoms with E-state index in [-0.39, 0.29) is 11.3 Å². The molecule has 3 rings (SSSR count). The van der Waals surface area contributed by atoms with Crippen LogP contribution >= 0.6 is 0 Å². The SMILES string of the molecule is CN1C(=O)[C@]2(CCNC2)c2ccccc21. The summed E-state index contributed by atoms with van der Waals surface area (Å²) in [6, 6.07) is 8.12. The molecule has 3 nitrogen and oxygen atoms in total. The van der Waals surface area contributed by atoms with E-state index in [0.29, 0.717) is 0 Å². The predicted octanol–water partition coefficient (Wildman–Crippen LogP) is 0.894. The van der Waals surface area contributed by atoms with Gasteiger partial charge in [0.2, 0.25) is 5.91 Å². The van der Waals surface area contributed by atoms with Crippen molar-refractivity contribution in [3.8, 4) is 0 Å². The topological polar surface area (TPSA) is 32.3 Å². The Kier molecular flexibility index (Phi) is 1.68. The van der Waals surface area contributed by atoms with E-state index in [2.05, 4.69) is 11.4 Å². The summed E-state index contributed by atoms with van der Waals surface area (Å²) in [5.41, 5.74) is 2.00. The lowest BCUT2D eigenvalue weighted by Gasteiger charge is -2.20. The van der Waals surface area contributed by atoms with Crippen molar-refractivity contribution in [1.29, 1.82) is 0 Å². The number of anilines is 1. The molecule has 0 saturated carbocycles. The minimum atomic E-state index is -0.272. The summed E-state index contributed by atoms with van der Waals surface area (Å²) in [7, 11) is 1.87. The maximum atomic E-state index is 12.3. The maximum Gasteiger partial charge on any atom is 0.238 e. The van der Waals surface area contributed by atoms with E-state index < -0.39 is 0 Å². The van der Waals surface area contributed by atoms with Crippen molar-refractivity contribution in [1.82, 2.24) is 5.32 Å². The smallest absolute Gasteiger partial charge is 0.238 e. The summed E-state index contributed by atoms with van der Waals surface area (Å²) in [5, 5.41) is 3.30. The molecule has 3 heteroatoms. The summed E-state index contributed by atoms with van der Waals surface area (Å²) in [6.45, 7) is 1.72. The van der Waals surface area contributed by atoms with Crippen LogP contribution in [0.4, 0.5) is 5.69 Å². The van der Waals surface area contributed by atoms with Crippen LogP contribution in [-0.4, -0.2) is 26.0 Å². The van der Waals surface area contributed by atoms with Gasteiger partial charge >= 0.3 is 0 Å². The molecule has 0 unspecified atom stereocenters. The maximum absolute atomic E-state index is 12.3. The monoisotopic (exact) mass is 202 g/mol. The van der Waals surface area contributed by atoms with Gasteiger partial charge in [-0.15, -0.1) is 0 Å². The average Bonchev–Trinajstić information content (AvgIpc) is 2.83. The molecular weight excluding hydrogens is 188 g/mol. The molecule has 0 aromatic heterocycles. The lowest BCUT2D eigenvalue weighted by Crippen LogP contribution is -2.40. The van der Waals surface area contributed by atoms with Gasteiger partial charge in [-0.05, 0) is 24.6 Å². The number of nitrogens with zero attached hydrogens (tertiary/aromatic N) is 1. The van der Waals surface area contributed by atoms with Crippen LogP contribution in [0.25, 0.3) is 0 Å². The van der Waals surface area contributed by atoms with Gasteiger partial charge in [-0.1, -0.05) is 18.2 Å². The molecule has 0 radical (unpaired) electrons. The average molecular weight is 202 g/mol. The van der Waals surface area contributed by atoms with Gasteiger partial charge in [0.1, 0.15) is 0 Å². The van der Waals surface area contributed by atoms with Gasteiger partial charge in [-0.2, -0.15) is 0 Å². The first-order valence-electron chi connectivity index (χ1n) is 5.34. The van der Waals surface area contributed by atoms with E-state index in [1.807, 2.05) is 25.2 Å². The number of rotatable bonds is 0. The molecule has 1 fully saturated rings. The number of para-hydroxylation sites is 1. The minimum absolute atomic E-state index is 0.244. The highest BCUT2D eigenvalue weighted by Gasteiger charge is 2.50. The molecule has 1 atom stereocenters. The summed E-state index contributed by atoms with van der Waals surface area (Å²) in [4.78, 5) is 14.1. The predicted molar refractivity (Wildman–Crippen MR) is 59.0 cm³/mol. The number of hydrogen-bond acceptors (Lipinski definition) is 2. The van der Waals surface area contributed by atoms with Gasteiger partial charge in [0, 0.05) is 19.3 Å². The molecule has 1 saturated heterocycles. The first-order valence-corrected chi connectivity index (χ1v) is 5.34. The van der Waals surface area contributed by atoms with Gasteiger partial charge in [0.25, 0.3) is 0 Å².